The average Bonchev–Trinajstić information content (AvgIpc) is 2.87. The largest absolute Gasteiger partial charge is 0.345 e. The van der Waals surface area contributed by atoms with Gasteiger partial charge in [0.1, 0.15) is 5.01 Å². The van der Waals surface area contributed by atoms with Gasteiger partial charge in [-0.1, -0.05) is 32.1 Å². The fourth-order valence-electron chi connectivity index (χ4n) is 2.81. The minimum Gasteiger partial charge on any atom is -0.345 e. The molecule has 1 aromatic rings. The van der Waals surface area contributed by atoms with Gasteiger partial charge in [0.05, 0.1) is 5.92 Å². The maximum absolute atomic E-state index is 12.4. The Hall–Kier alpha value is -1.17. The third-order valence-electron chi connectivity index (χ3n) is 4.22. The molecule has 0 aliphatic carbocycles. The molecule has 1 amide bonds. The molecule has 0 atom stereocenters. The molecule has 0 aromatic carbocycles. The maximum atomic E-state index is 12.4. The summed E-state index contributed by atoms with van der Waals surface area (Å²) in [4.78, 5) is 16.6. The fourth-order valence-corrected chi connectivity index (χ4v) is 3.73. The highest BCUT2D eigenvalue weighted by Crippen LogP contribution is 2.33. The Bertz CT molecular complexity index is 510. The van der Waals surface area contributed by atoms with E-state index in [2.05, 4.69) is 35.9 Å². The van der Waals surface area contributed by atoms with Crippen LogP contribution in [0.2, 0.25) is 0 Å². The molecule has 3 heterocycles. The van der Waals surface area contributed by atoms with Crippen molar-refractivity contribution in [1.29, 1.82) is 0 Å². The molecule has 0 N–H and O–H groups in total. The van der Waals surface area contributed by atoms with E-state index in [4.69, 9.17) is 0 Å². The lowest BCUT2D eigenvalue weighted by atomic mass is 9.98. The molecule has 2 saturated heterocycles. The monoisotopic (exact) mass is 308 g/mol. The highest BCUT2D eigenvalue weighted by molar-refractivity contribution is 7.15. The molecule has 0 saturated carbocycles. The van der Waals surface area contributed by atoms with Crippen molar-refractivity contribution in [2.24, 2.45) is 5.92 Å². The van der Waals surface area contributed by atoms with Gasteiger partial charge in [0.25, 0.3) is 0 Å². The normalized spacial score (nSPS) is 20.5. The van der Waals surface area contributed by atoms with Gasteiger partial charge in [-0.3, -0.25) is 4.79 Å². The van der Waals surface area contributed by atoms with Crippen molar-refractivity contribution in [1.82, 2.24) is 15.1 Å². The quantitative estimate of drug-likeness (QED) is 0.841. The van der Waals surface area contributed by atoms with Crippen molar-refractivity contribution >= 4 is 22.4 Å². The molecule has 1 aromatic heterocycles. The van der Waals surface area contributed by atoms with E-state index in [9.17, 15) is 4.79 Å². The van der Waals surface area contributed by atoms with Crippen molar-refractivity contribution < 1.29 is 4.79 Å². The molecule has 0 spiro atoms. The summed E-state index contributed by atoms with van der Waals surface area (Å²) in [5, 5.41) is 10.6. The van der Waals surface area contributed by atoms with Crippen LogP contribution in [0.3, 0.4) is 0 Å². The van der Waals surface area contributed by atoms with Crippen molar-refractivity contribution in [2.45, 2.75) is 45.4 Å². The zero-order valence-electron chi connectivity index (χ0n) is 13.1. The van der Waals surface area contributed by atoms with Crippen LogP contribution in [0.25, 0.3) is 0 Å². The summed E-state index contributed by atoms with van der Waals surface area (Å²) in [7, 11) is 0. The zero-order chi connectivity index (χ0) is 15.0. The van der Waals surface area contributed by atoms with Crippen LogP contribution in [0.4, 0.5) is 5.13 Å². The predicted molar refractivity (Wildman–Crippen MR) is 84.7 cm³/mol. The molecule has 0 unspecified atom stereocenters. The van der Waals surface area contributed by atoms with Gasteiger partial charge in [-0.05, 0) is 19.3 Å². The van der Waals surface area contributed by atoms with E-state index in [0.29, 0.717) is 5.91 Å². The van der Waals surface area contributed by atoms with Crippen molar-refractivity contribution in [3.8, 4) is 0 Å². The third kappa shape index (κ3) is 3.05. The first-order chi connectivity index (χ1) is 9.95. The first kappa shape index (κ1) is 14.8. The standard InChI is InChI=1S/C15H24N4OS/c1-15(2,3)13-16-17-14(21-13)19-9-11(10-19)12(20)18-7-5-4-6-8-18/h11H,4-10H2,1-3H3. The number of amides is 1. The number of rotatable bonds is 2. The van der Waals surface area contributed by atoms with Crippen molar-refractivity contribution in [3.05, 3.63) is 5.01 Å². The summed E-state index contributed by atoms with van der Waals surface area (Å²) < 4.78 is 0. The topological polar surface area (TPSA) is 49.3 Å². The molecule has 3 rings (SSSR count). The van der Waals surface area contributed by atoms with Crippen LogP contribution in [0.5, 0.6) is 0 Å². The lowest BCUT2D eigenvalue weighted by molar-refractivity contribution is -0.137. The number of anilines is 1. The van der Waals surface area contributed by atoms with Gasteiger partial charge in [-0.2, -0.15) is 0 Å². The lowest BCUT2D eigenvalue weighted by Crippen LogP contribution is -2.55. The van der Waals surface area contributed by atoms with Gasteiger partial charge in [0.15, 0.2) is 0 Å². The lowest BCUT2D eigenvalue weighted by Gasteiger charge is -2.41. The molecule has 116 valence electrons. The van der Waals surface area contributed by atoms with Crippen molar-refractivity contribution in [3.63, 3.8) is 0 Å². The van der Waals surface area contributed by atoms with Crippen LogP contribution in [0, 0.1) is 5.92 Å². The van der Waals surface area contributed by atoms with E-state index in [1.165, 1.54) is 6.42 Å². The smallest absolute Gasteiger partial charge is 0.229 e. The van der Waals surface area contributed by atoms with Gasteiger partial charge in [0, 0.05) is 31.6 Å². The summed E-state index contributed by atoms with van der Waals surface area (Å²) in [6, 6.07) is 0. The summed E-state index contributed by atoms with van der Waals surface area (Å²) in [5.74, 6) is 0.497. The number of piperidine rings is 1. The SMILES string of the molecule is CC(C)(C)c1nnc(N2CC(C(=O)N3CCCCC3)C2)s1. The predicted octanol–water partition coefficient (Wildman–Crippen LogP) is 2.28. The van der Waals surface area contributed by atoms with E-state index in [-0.39, 0.29) is 11.3 Å². The molecule has 5 nitrogen and oxygen atoms in total. The number of hydrogen-bond acceptors (Lipinski definition) is 5. The van der Waals surface area contributed by atoms with Crippen LogP contribution in [-0.2, 0) is 10.2 Å². The van der Waals surface area contributed by atoms with E-state index in [1.54, 1.807) is 11.3 Å². The van der Waals surface area contributed by atoms with Gasteiger partial charge in [0.2, 0.25) is 11.0 Å². The molecular formula is C15H24N4OS. The summed E-state index contributed by atoms with van der Waals surface area (Å²) >= 11 is 1.65. The van der Waals surface area contributed by atoms with Crippen LogP contribution in [0.15, 0.2) is 0 Å². The average molecular weight is 308 g/mol. The number of aromatic nitrogens is 2. The number of likely N-dealkylation sites (tertiary alicyclic amines) is 1. The molecule has 6 heteroatoms. The van der Waals surface area contributed by atoms with E-state index >= 15 is 0 Å². The number of carbonyl (C=O) groups excluding carboxylic acids is 1. The maximum Gasteiger partial charge on any atom is 0.229 e. The molecule has 0 bridgehead atoms. The van der Waals surface area contributed by atoms with Crippen LogP contribution in [-0.4, -0.2) is 47.2 Å². The number of nitrogens with zero attached hydrogens (tertiary/aromatic N) is 4. The Morgan fingerprint density at radius 2 is 1.81 bits per heavy atom. The Kier molecular flexibility index (Phi) is 3.90. The Balaban J connectivity index is 1.55. The number of carbonyl (C=O) groups is 1. The molecule has 2 fully saturated rings. The summed E-state index contributed by atoms with van der Waals surface area (Å²) in [5.41, 5.74) is 0.0454. The second-order valence-electron chi connectivity index (χ2n) is 7.13. The van der Waals surface area contributed by atoms with E-state index in [1.807, 2.05) is 4.90 Å². The van der Waals surface area contributed by atoms with Gasteiger partial charge < -0.3 is 9.80 Å². The van der Waals surface area contributed by atoms with Crippen molar-refractivity contribution in [2.75, 3.05) is 31.1 Å². The van der Waals surface area contributed by atoms with Gasteiger partial charge in [-0.15, -0.1) is 10.2 Å². The molecule has 21 heavy (non-hydrogen) atoms. The zero-order valence-corrected chi connectivity index (χ0v) is 13.9. The summed E-state index contributed by atoms with van der Waals surface area (Å²) in [6.07, 6.45) is 3.59. The highest BCUT2D eigenvalue weighted by atomic mass is 32.1. The first-order valence-electron chi connectivity index (χ1n) is 7.83. The second-order valence-corrected chi connectivity index (χ2v) is 8.08. The minimum atomic E-state index is 0.0454. The van der Waals surface area contributed by atoms with Crippen LogP contribution >= 0.6 is 11.3 Å². The molecule has 2 aliphatic rings. The number of hydrogen-bond donors (Lipinski definition) is 0. The first-order valence-corrected chi connectivity index (χ1v) is 8.64. The second kappa shape index (κ2) is 5.55. The van der Waals surface area contributed by atoms with Gasteiger partial charge in [-0.25, -0.2) is 0 Å². The van der Waals surface area contributed by atoms with E-state index < -0.39 is 0 Å². The Morgan fingerprint density at radius 3 is 2.38 bits per heavy atom. The molecule has 0 radical (unpaired) electrons. The van der Waals surface area contributed by atoms with Crippen LogP contribution in [0.1, 0.15) is 45.0 Å². The summed E-state index contributed by atoms with van der Waals surface area (Å²) in [6.45, 7) is 9.94. The van der Waals surface area contributed by atoms with Gasteiger partial charge >= 0.3 is 0 Å². The minimum absolute atomic E-state index is 0.0454. The molecular weight excluding hydrogens is 284 g/mol. The Labute approximate surface area is 130 Å². The third-order valence-corrected chi connectivity index (χ3v) is 5.63. The fraction of sp³-hybridized carbons (Fsp3) is 0.800. The highest BCUT2D eigenvalue weighted by Gasteiger charge is 2.37. The van der Waals surface area contributed by atoms with E-state index in [0.717, 1.165) is 49.2 Å². The van der Waals surface area contributed by atoms with Crippen LogP contribution < -0.4 is 4.90 Å². The molecule has 2 aliphatic heterocycles. The Morgan fingerprint density at radius 1 is 1.14 bits per heavy atom.